The van der Waals surface area contributed by atoms with E-state index in [0.29, 0.717) is 22.4 Å². The van der Waals surface area contributed by atoms with Crippen LogP contribution in [0.5, 0.6) is 0 Å². The minimum absolute atomic E-state index is 0.0780. The molecule has 0 aliphatic carbocycles. The second-order valence-electron chi connectivity index (χ2n) is 5.66. The van der Waals surface area contributed by atoms with Gasteiger partial charge in [0.1, 0.15) is 23.4 Å². The Morgan fingerprint density at radius 3 is 2.33 bits per heavy atom. The molecule has 0 aromatic carbocycles. The molecule has 4 nitrogen and oxygen atoms in total. The Hall–Kier alpha value is -1.08. The number of hydrogen-bond donors (Lipinski definition) is 1. The van der Waals surface area contributed by atoms with Crippen molar-refractivity contribution in [1.82, 2.24) is 9.97 Å². The van der Waals surface area contributed by atoms with Crippen LogP contribution < -0.4 is 5.32 Å². The lowest BCUT2D eigenvalue weighted by Gasteiger charge is -2.19. The Bertz CT molecular complexity index is 487. The van der Waals surface area contributed by atoms with Crippen LogP contribution in [0.25, 0.3) is 0 Å². The lowest BCUT2D eigenvalue weighted by molar-refractivity contribution is -0.172. The Kier molecular flexibility index (Phi) is 5.81. The minimum Gasteiger partial charge on any atom is -0.370 e. The third-order valence-electron chi connectivity index (χ3n) is 2.56. The summed E-state index contributed by atoms with van der Waals surface area (Å²) in [6.07, 6.45) is -4.31. The fourth-order valence-electron chi connectivity index (χ4n) is 1.43. The summed E-state index contributed by atoms with van der Waals surface area (Å²) in [6, 6.07) is 0. The fraction of sp³-hybridized carbons (Fsp3) is 0.692. The van der Waals surface area contributed by atoms with Crippen molar-refractivity contribution in [3.05, 3.63) is 16.5 Å². The molecule has 8 heteroatoms. The van der Waals surface area contributed by atoms with Crippen LogP contribution in [0, 0.1) is 6.92 Å². The van der Waals surface area contributed by atoms with Gasteiger partial charge in [0.05, 0.1) is 6.61 Å². The molecule has 1 aromatic heterocycles. The first-order valence-corrected chi connectivity index (χ1v) is 6.81. The van der Waals surface area contributed by atoms with Crippen molar-refractivity contribution in [3.8, 4) is 0 Å². The highest BCUT2D eigenvalue weighted by molar-refractivity contribution is 6.30. The standard InChI is InChI=1S/C13H19ClF3N3O/c1-8-9(14)19-11(12(2,3)4)20-10(8)18-5-6-21-7-13(15,16)17/h5-7H2,1-4H3,(H,18,19,20). The van der Waals surface area contributed by atoms with Crippen LogP contribution in [0.3, 0.4) is 0 Å². The zero-order valence-electron chi connectivity index (χ0n) is 12.4. The second kappa shape index (κ2) is 6.79. The normalized spacial score (nSPS) is 12.6. The zero-order chi connectivity index (χ0) is 16.3. The lowest BCUT2D eigenvalue weighted by Crippen LogP contribution is -2.22. The van der Waals surface area contributed by atoms with Gasteiger partial charge < -0.3 is 10.1 Å². The fourth-order valence-corrected chi connectivity index (χ4v) is 1.60. The molecule has 0 saturated carbocycles. The van der Waals surface area contributed by atoms with E-state index in [0.717, 1.165) is 0 Å². The molecule has 1 N–H and O–H groups in total. The zero-order valence-corrected chi connectivity index (χ0v) is 13.2. The summed E-state index contributed by atoms with van der Waals surface area (Å²) < 4.78 is 40.3. The SMILES string of the molecule is Cc1c(Cl)nc(C(C)(C)C)nc1NCCOCC(F)(F)F. The molecule has 0 unspecified atom stereocenters. The molecule has 120 valence electrons. The number of nitrogens with one attached hydrogen (secondary N) is 1. The average Bonchev–Trinajstić information content (AvgIpc) is 2.30. The van der Waals surface area contributed by atoms with Crippen LogP contribution in [0.1, 0.15) is 32.2 Å². The van der Waals surface area contributed by atoms with Gasteiger partial charge in [0, 0.05) is 17.5 Å². The van der Waals surface area contributed by atoms with Crippen LogP contribution in [0.15, 0.2) is 0 Å². The second-order valence-corrected chi connectivity index (χ2v) is 6.01. The van der Waals surface area contributed by atoms with Crippen LogP contribution in [0.4, 0.5) is 19.0 Å². The highest BCUT2D eigenvalue weighted by Crippen LogP contribution is 2.25. The molecular weight excluding hydrogens is 307 g/mol. The summed E-state index contributed by atoms with van der Waals surface area (Å²) in [7, 11) is 0. The van der Waals surface area contributed by atoms with Gasteiger partial charge >= 0.3 is 6.18 Å². The van der Waals surface area contributed by atoms with Gasteiger partial charge in [-0.3, -0.25) is 0 Å². The maximum Gasteiger partial charge on any atom is 0.411 e. The first-order valence-electron chi connectivity index (χ1n) is 6.43. The third-order valence-corrected chi connectivity index (χ3v) is 2.93. The number of alkyl halides is 3. The van der Waals surface area contributed by atoms with Gasteiger partial charge in [-0.15, -0.1) is 0 Å². The smallest absolute Gasteiger partial charge is 0.370 e. The van der Waals surface area contributed by atoms with E-state index in [1.807, 2.05) is 20.8 Å². The molecule has 0 saturated heterocycles. The molecule has 0 spiro atoms. The van der Waals surface area contributed by atoms with Crippen molar-refractivity contribution in [2.75, 3.05) is 25.1 Å². The Morgan fingerprint density at radius 2 is 1.81 bits per heavy atom. The molecule has 0 bridgehead atoms. The van der Waals surface area contributed by atoms with E-state index in [9.17, 15) is 13.2 Å². The molecule has 0 fully saturated rings. The van der Waals surface area contributed by atoms with Gasteiger partial charge in [-0.1, -0.05) is 32.4 Å². The first-order chi connectivity index (χ1) is 9.50. The molecule has 1 rings (SSSR count). The summed E-state index contributed by atoms with van der Waals surface area (Å²) in [5.74, 6) is 1.08. The van der Waals surface area contributed by atoms with E-state index in [1.165, 1.54) is 0 Å². The Morgan fingerprint density at radius 1 is 1.19 bits per heavy atom. The summed E-state index contributed by atoms with van der Waals surface area (Å²) >= 11 is 6.05. The van der Waals surface area contributed by atoms with Crippen LogP contribution in [-0.2, 0) is 10.2 Å². The van der Waals surface area contributed by atoms with Gasteiger partial charge in [0.15, 0.2) is 0 Å². The molecule has 0 aliphatic heterocycles. The maximum atomic E-state index is 11.9. The Labute approximate surface area is 127 Å². The number of anilines is 1. The number of rotatable bonds is 5. The molecule has 0 aliphatic rings. The monoisotopic (exact) mass is 325 g/mol. The van der Waals surface area contributed by atoms with Crippen LogP contribution >= 0.6 is 11.6 Å². The third kappa shape index (κ3) is 6.05. The van der Waals surface area contributed by atoms with Gasteiger partial charge in [0.2, 0.25) is 0 Å². The topological polar surface area (TPSA) is 47.0 Å². The number of aromatic nitrogens is 2. The molecule has 21 heavy (non-hydrogen) atoms. The highest BCUT2D eigenvalue weighted by Gasteiger charge is 2.27. The van der Waals surface area contributed by atoms with Gasteiger partial charge in [0.25, 0.3) is 0 Å². The molecular formula is C13H19ClF3N3O. The number of nitrogens with zero attached hydrogens (tertiary/aromatic N) is 2. The van der Waals surface area contributed by atoms with Crippen molar-refractivity contribution in [2.45, 2.75) is 39.3 Å². The molecule has 1 aromatic rings. The molecule has 0 amide bonds. The predicted molar refractivity (Wildman–Crippen MR) is 75.8 cm³/mol. The van der Waals surface area contributed by atoms with E-state index in [1.54, 1.807) is 6.92 Å². The van der Waals surface area contributed by atoms with Gasteiger partial charge in [-0.2, -0.15) is 13.2 Å². The van der Waals surface area contributed by atoms with Crippen LogP contribution in [-0.4, -0.2) is 35.9 Å². The molecule has 0 radical (unpaired) electrons. The summed E-state index contributed by atoms with van der Waals surface area (Å²) in [5.41, 5.74) is 0.376. The quantitative estimate of drug-likeness (QED) is 0.662. The van der Waals surface area contributed by atoms with E-state index in [2.05, 4.69) is 20.0 Å². The maximum absolute atomic E-state index is 11.9. The van der Waals surface area contributed by atoms with E-state index < -0.39 is 12.8 Å². The lowest BCUT2D eigenvalue weighted by atomic mass is 9.95. The number of halogens is 4. The number of ether oxygens (including phenoxy) is 1. The van der Waals surface area contributed by atoms with E-state index in [4.69, 9.17) is 11.6 Å². The van der Waals surface area contributed by atoms with E-state index >= 15 is 0 Å². The number of hydrogen-bond acceptors (Lipinski definition) is 4. The van der Waals surface area contributed by atoms with E-state index in [-0.39, 0.29) is 18.6 Å². The van der Waals surface area contributed by atoms with Gasteiger partial charge in [-0.25, -0.2) is 9.97 Å². The predicted octanol–water partition coefficient (Wildman–Crippen LogP) is 3.73. The van der Waals surface area contributed by atoms with Crippen molar-refractivity contribution in [1.29, 1.82) is 0 Å². The highest BCUT2D eigenvalue weighted by atomic mass is 35.5. The minimum atomic E-state index is -4.31. The van der Waals surface area contributed by atoms with Crippen molar-refractivity contribution in [2.24, 2.45) is 0 Å². The van der Waals surface area contributed by atoms with Crippen molar-refractivity contribution < 1.29 is 17.9 Å². The summed E-state index contributed by atoms with van der Waals surface area (Å²) in [5, 5.41) is 3.25. The molecule has 1 heterocycles. The summed E-state index contributed by atoms with van der Waals surface area (Å²) in [4.78, 5) is 8.58. The largest absolute Gasteiger partial charge is 0.411 e. The van der Waals surface area contributed by atoms with Crippen molar-refractivity contribution >= 4 is 17.4 Å². The van der Waals surface area contributed by atoms with Crippen molar-refractivity contribution in [3.63, 3.8) is 0 Å². The molecule has 0 atom stereocenters. The van der Waals surface area contributed by atoms with Gasteiger partial charge in [-0.05, 0) is 6.92 Å². The average molecular weight is 326 g/mol. The Balaban J connectivity index is 2.65. The first kappa shape index (κ1) is 18.0. The summed E-state index contributed by atoms with van der Waals surface area (Å²) in [6.45, 7) is 6.46. The van der Waals surface area contributed by atoms with Crippen LogP contribution in [0.2, 0.25) is 5.15 Å².